The summed E-state index contributed by atoms with van der Waals surface area (Å²) in [6.07, 6.45) is 6.42. The first-order valence-corrected chi connectivity index (χ1v) is 12.6. The number of unbranched alkanes of at least 4 members (excludes halogenated alkanes) is 1. The number of para-hydroxylation sites is 1. The smallest absolute Gasteiger partial charge is 0.321 e. The number of hydrogen-bond acceptors (Lipinski definition) is 4. The standard InChI is InChI=1S/C28H37FN4O3/c1-3-4-14-27(34)32(15-8-10-23-9-5-6-13-26(23)36-2)19-16-31-17-20-33(21-18-31)28(35)30-25-12-7-11-24(29)22-25/h5-13,22H,3-4,14-21H2,1-2H3,(H,30,35)/b10-8+. The SMILES string of the molecule is CCCCC(=O)N(C/C=C/c1ccccc1OC)CCN1CCN(C(=O)Nc2cccc(F)c2)CC1. The maximum absolute atomic E-state index is 13.4. The van der Waals surface area contributed by atoms with Crippen molar-refractivity contribution in [2.24, 2.45) is 0 Å². The third-order valence-corrected chi connectivity index (χ3v) is 6.28. The van der Waals surface area contributed by atoms with Crippen molar-refractivity contribution in [2.75, 3.05) is 58.2 Å². The highest BCUT2D eigenvalue weighted by Crippen LogP contribution is 2.18. The molecule has 1 aliphatic rings. The van der Waals surface area contributed by atoms with Crippen molar-refractivity contribution < 1.29 is 18.7 Å². The number of anilines is 1. The number of nitrogens with zero attached hydrogens (tertiary/aromatic N) is 3. The van der Waals surface area contributed by atoms with E-state index in [2.05, 4.69) is 17.1 Å². The van der Waals surface area contributed by atoms with Crippen LogP contribution in [-0.4, -0.2) is 79.6 Å². The van der Waals surface area contributed by atoms with Crippen molar-refractivity contribution in [2.45, 2.75) is 26.2 Å². The largest absolute Gasteiger partial charge is 0.496 e. The summed E-state index contributed by atoms with van der Waals surface area (Å²) in [5.41, 5.74) is 1.43. The van der Waals surface area contributed by atoms with Crippen molar-refractivity contribution in [1.29, 1.82) is 0 Å². The van der Waals surface area contributed by atoms with Crippen LogP contribution in [0.2, 0.25) is 0 Å². The first-order chi connectivity index (χ1) is 17.5. The second-order valence-corrected chi connectivity index (χ2v) is 8.86. The van der Waals surface area contributed by atoms with Gasteiger partial charge in [-0.25, -0.2) is 9.18 Å². The Labute approximate surface area is 213 Å². The maximum atomic E-state index is 13.4. The van der Waals surface area contributed by atoms with Crippen LogP contribution in [0.1, 0.15) is 31.7 Å². The lowest BCUT2D eigenvalue weighted by atomic mass is 10.2. The molecule has 2 aromatic rings. The molecule has 0 spiro atoms. The summed E-state index contributed by atoms with van der Waals surface area (Å²) < 4.78 is 18.8. The summed E-state index contributed by atoms with van der Waals surface area (Å²) in [7, 11) is 1.65. The molecule has 1 heterocycles. The van der Waals surface area contributed by atoms with E-state index in [-0.39, 0.29) is 17.8 Å². The van der Waals surface area contributed by atoms with E-state index in [0.29, 0.717) is 38.3 Å². The molecule has 3 rings (SSSR count). The van der Waals surface area contributed by atoms with E-state index in [4.69, 9.17) is 4.74 Å². The van der Waals surface area contributed by atoms with Crippen LogP contribution in [0.15, 0.2) is 54.6 Å². The number of nitrogens with one attached hydrogen (secondary N) is 1. The molecule has 1 N–H and O–H groups in total. The Balaban J connectivity index is 1.49. The van der Waals surface area contributed by atoms with Gasteiger partial charge in [-0.2, -0.15) is 0 Å². The van der Waals surface area contributed by atoms with Gasteiger partial charge in [0.15, 0.2) is 0 Å². The molecule has 7 nitrogen and oxygen atoms in total. The molecule has 0 unspecified atom stereocenters. The van der Waals surface area contributed by atoms with Gasteiger partial charge in [0.2, 0.25) is 5.91 Å². The molecule has 0 aromatic heterocycles. The lowest BCUT2D eigenvalue weighted by Crippen LogP contribution is -2.51. The average molecular weight is 497 g/mol. The zero-order valence-corrected chi connectivity index (χ0v) is 21.3. The number of urea groups is 1. The van der Waals surface area contributed by atoms with Gasteiger partial charge in [-0.05, 0) is 30.7 Å². The molecule has 1 fully saturated rings. The van der Waals surface area contributed by atoms with Gasteiger partial charge in [0.1, 0.15) is 11.6 Å². The van der Waals surface area contributed by atoms with Crippen molar-refractivity contribution in [3.63, 3.8) is 0 Å². The molecule has 36 heavy (non-hydrogen) atoms. The summed E-state index contributed by atoms with van der Waals surface area (Å²) in [5, 5.41) is 2.76. The van der Waals surface area contributed by atoms with Crippen LogP contribution in [0.25, 0.3) is 6.08 Å². The fraction of sp³-hybridized carbons (Fsp3) is 0.429. The van der Waals surface area contributed by atoms with Crippen LogP contribution in [-0.2, 0) is 4.79 Å². The number of carbonyl (C=O) groups excluding carboxylic acids is 2. The van der Waals surface area contributed by atoms with Gasteiger partial charge in [0.25, 0.3) is 0 Å². The van der Waals surface area contributed by atoms with Crippen LogP contribution in [0.3, 0.4) is 0 Å². The van der Waals surface area contributed by atoms with Gasteiger partial charge in [0.05, 0.1) is 7.11 Å². The quantitative estimate of drug-likeness (QED) is 0.489. The summed E-state index contributed by atoms with van der Waals surface area (Å²) >= 11 is 0. The van der Waals surface area contributed by atoms with Gasteiger partial charge in [-0.1, -0.05) is 49.8 Å². The molecule has 1 saturated heterocycles. The van der Waals surface area contributed by atoms with Crippen LogP contribution >= 0.6 is 0 Å². The fourth-order valence-electron chi connectivity index (χ4n) is 4.12. The predicted molar refractivity (Wildman–Crippen MR) is 142 cm³/mol. The maximum Gasteiger partial charge on any atom is 0.321 e. The Morgan fingerprint density at radius 1 is 1.11 bits per heavy atom. The van der Waals surface area contributed by atoms with Crippen LogP contribution in [0.5, 0.6) is 5.75 Å². The van der Waals surface area contributed by atoms with E-state index in [1.165, 1.54) is 12.1 Å². The number of hydrogen-bond donors (Lipinski definition) is 1. The summed E-state index contributed by atoms with van der Waals surface area (Å²) in [5.74, 6) is 0.583. The zero-order chi connectivity index (χ0) is 25.8. The minimum Gasteiger partial charge on any atom is -0.496 e. The van der Waals surface area contributed by atoms with E-state index in [1.54, 1.807) is 24.1 Å². The lowest BCUT2D eigenvalue weighted by molar-refractivity contribution is -0.131. The zero-order valence-electron chi connectivity index (χ0n) is 21.3. The molecular weight excluding hydrogens is 459 g/mol. The fourth-order valence-corrected chi connectivity index (χ4v) is 4.12. The number of amides is 3. The van der Waals surface area contributed by atoms with Crippen molar-refractivity contribution >= 4 is 23.7 Å². The topological polar surface area (TPSA) is 65.1 Å². The van der Waals surface area contributed by atoms with Crippen molar-refractivity contribution in [3.05, 3.63) is 66.0 Å². The van der Waals surface area contributed by atoms with Gasteiger partial charge in [-0.3, -0.25) is 9.69 Å². The van der Waals surface area contributed by atoms with E-state index >= 15 is 0 Å². The molecule has 2 aromatic carbocycles. The number of rotatable bonds is 11. The van der Waals surface area contributed by atoms with E-state index in [1.807, 2.05) is 41.3 Å². The molecule has 0 aliphatic carbocycles. The highest BCUT2D eigenvalue weighted by atomic mass is 19.1. The molecule has 194 valence electrons. The van der Waals surface area contributed by atoms with Gasteiger partial charge < -0.3 is 19.9 Å². The minimum absolute atomic E-state index is 0.162. The molecule has 0 saturated carbocycles. The summed E-state index contributed by atoms with van der Waals surface area (Å²) in [6.45, 7) is 6.63. The molecule has 1 aliphatic heterocycles. The van der Waals surface area contributed by atoms with Crippen molar-refractivity contribution in [1.82, 2.24) is 14.7 Å². The van der Waals surface area contributed by atoms with Crippen LogP contribution in [0, 0.1) is 5.82 Å². The number of ether oxygens (including phenoxy) is 1. The number of benzene rings is 2. The lowest BCUT2D eigenvalue weighted by Gasteiger charge is -2.35. The number of halogens is 1. The Kier molecular flexibility index (Phi) is 10.8. The first-order valence-electron chi connectivity index (χ1n) is 12.6. The van der Waals surface area contributed by atoms with Gasteiger partial charge in [-0.15, -0.1) is 0 Å². The second-order valence-electron chi connectivity index (χ2n) is 8.86. The van der Waals surface area contributed by atoms with Crippen LogP contribution < -0.4 is 10.1 Å². The van der Waals surface area contributed by atoms with Gasteiger partial charge >= 0.3 is 6.03 Å². The van der Waals surface area contributed by atoms with E-state index in [0.717, 1.165) is 43.8 Å². The summed E-state index contributed by atoms with van der Waals surface area (Å²) in [4.78, 5) is 31.3. The number of carbonyl (C=O) groups is 2. The second kappa shape index (κ2) is 14.2. The molecule has 0 radical (unpaired) electrons. The third-order valence-electron chi connectivity index (χ3n) is 6.28. The number of methoxy groups -OCH3 is 1. The molecular formula is C28H37FN4O3. The van der Waals surface area contributed by atoms with E-state index in [9.17, 15) is 14.0 Å². The van der Waals surface area contributed by atoms with Gasteiger partial charge in [0, 0.05) is 63.5 Å². The minimum atomic E-state index is -0.381. The summed E-state index contributed by atoms with van der Waals surface area (Å²) in [6, 6.07) is 13.5. The Morgan fingerprint density at radius 2 is 1.89 bits per heavy atom. The molecule has 3 amide bonds. The molecule has 0 atom stereocenters. The number of piperazine rings is 1. The monoisotopic (exact) mass is 496 g/mol. The predicted octanol–water partition coefficient (Wildman–Crippen LogP) is 4.72. The van der Waals surface area contributed by atoms with E-state index < -0.39 is 0 Å². The highest BCUT2D eigenvalue weighted by molar-refractivity contribution is 5.89. The normalized spacial score (nSPS) is 14.1. The van der Waals surface area contributed by atoms with Crippen molar-refractivity contribution in [3.8, 4) is 5.75 Å². The molecule has 8 heteroatoms. The first kappa shape index (κ1) is 27.2. The average Bonchev–Trinajstić information content (AvgIpc) is 2.89. The third kappa shape index (κ3) is 8.37. The Morgan fingerprint density at radius 3 is 2.61 bits per heavy atom. The Bertz CT molecular complexity index is 1020. The molecule has 0 bridgehead atoms. The highest BCUT2D eigenvalue weighted by Gasteiger charge is 2.22. The van der Waals surface area contributed by atoms with Crippen LogP contribution in [0.4, 0.5) is 14.9 Å². The Hall–Kier alpha value is -3.39.